The van der Waals surface area contributed by atoms with E-state index in [-0.39, 0.29) is 12.3 Å². The highest BCUT2D eigenvalue weighted by molar-refractivity contribution is 5.94. The molecular weight excluding hydrogens is 244 g/mol. The molecule has 1 aromatic carbocycles. The Balaban J connectivity index is 2.52. The maximum absolute atomic E-state index is 11.8. The summed E-state index contributed by atoms with van der Waals surface area (Å²) in [5.41, 5.74) is 7.08. The lowest BCUT2D eigenvalue weighted by atomic mass is 10.1. The molecule has 104 valence electrons. The van der Waals surface area contributed by atoms with E-state index in [4.69, 9.17) is 10.8 Å². The fourth-order valence-electron chi connectivity index (χ4n) is 1.67. The van der Waals surface area contributed by atoms with Gasteiger partial charge in [0.2, 0.25) is 5.91 Å². The van der Waals surface area contributed by atoms with E-state index in [1.165, 1.54) is 0 Å². The first-order valence-corrected chi connectivity index (χ1v) is 6.40. The molecule has 0 fully saturated rings. The first-order valence-electron chi connectivity index (χ1n) is 6.40. The third-order valence-corrected chi connectivity index (χ3v) is 2.78. The monoisotopic (exact) mass is 264 g/mol. The van der Waals surface area contributed by atoms with E-state index in [1.54, 1.807) is 24.3 Å². The van der Waals surface area contributed by atoms with Gasteiger partial charge in [-0.3, -0.25) is 9.59 Å². The Morgan fingerprint density at radius 1 is 1.32 bits per heavy atom. The molecule has 0 bridgehead atoms. The normalized spacial score (nSPS) is 11.9. The van der Waals surface area contributed by atoms with Crippen LogP contribution in [0.15, 0.2) is 24.3 Å². The minimum absolute atomic E-state index is 0.0236. The van der Waals surface area contributed by atoms with Gasteiger partial charge in [0.05, 0.1) is 12.5 Å². The molecule has 19 heavy (non-hydrogen) atoms. The lowest BCUT2D eigenvalue weighted by molar-refractivity contribution is -0.136. The molecule has 0 aromatic heterocycles. The van der Waals surface area contributed by atoms with Crippen LogP contribution in [0.4, 0.5) is 5.69 Å². The Morgan fingerprint density at radius 2 is 1.95 bits per heavy atom. The maximum atomic E-state index is 11.8. The Kier molecular flexibility index (Phi) is 6.02. The molecule has 0 heterocycles. The average molecular weight is 264 g/mol. The molecular formula is C14H20N2O3. The zero-order valence-corrected chi connectivity index (χ0v) is 11.1. The van der Waals surface area contributed by atoms with Gasteiger partial charge in [-0.25, -0.2) is 0 Å². The number of anilines is 1. The molecule has 0 radical (unpaired) electrons. The number of nitrogens with two attached hydrogens (primary N) is 1. The van der Waals surface area contributed by atoms with Crippen molar-refractivity contribution in [2.24, 2.45) is 5.73 Å². The molecule has 1 aromatic rings. The summed E-state index contributed by atoms with van der Waals surface area (Å²) >= 11 is 0. The van der Waals surface area contributed by atoms with Crippen molar-refractivity contribution in [3.63, 3.8) is 0 Å². The molecule has 0 aliphatic heterocycles. The third kappa shape index (κ3) is 5.52. The molecule has 0 aliphatic rings. The minimum atomic E-state index is -0.877. The second kappa shape index (κ2) is 7.53. The molecule has 1 atom stereocenters. The molecule has 0 saturated carbocycles. The molecule has 0 saturated heterocycles. The van der Waals surface area contributed by atoms with E-state index < -0.39 is 12.0 Å². The number of carboxylic acids is 1. The number of unbranched alkanes of at least 4 members (excludes halogenated alkanes) is 1. The van der Waals surface area contributed by atoms with Crippen LogP contribution >= 0.6 is 0 Å². The summed E-state index contributed by atoms with van der Waals surface area (Å²) in [6, 6.07) is 6.23. The van der Waals surface area contributed by atoms with Gasteiger partial charge in [0.1, 0.15) is 0 Å². The van der Waals surface area contributed by atoms with Crippen LogP contribution in [0, 0.1) is 0 Å². The molecule has 0 spiro atoms. The van der Waals surface area contributed by atoms with Crippen LogP contribution in [0.1, 0.15) is 31.7 Å². The van der Waals surface area contributed by atoms with Crippen LogP contribution in [0.25, 0.3) is 0 Å². The lowest BCUT2D eigenvalue weighted by Gasteiger charge is -2.11. The van der Waals surface area contributed by atoms with Crippen molar-refractivity contribution in [2.45, 2.75) is 38.6 Å². The number of rotatable bonds is 7. The van der Waals surface area contributed by atoms with Crippen LogP contribution in [0.5, 0.6) is 0 Å². The fraction of sp³-hybridized carbons (Fsp3) is 0.429. The average Bonchev–Trinajstić information content (AvgIpc) is 2.37. The summed E-state index contributed by atoms with van der Waals surface area (Å²) in [5.74, 6) is -1.09. The van der Waals surface area contributed by atoms with Crippen LogP contribution in [-0.2, 0) is 16.0 Å². The second-order valence-electron chi connectivity index (χ2n) is 4.51. The van der Waals surface area contributed by atoms with Gasteiger partial charge in [0.25, 0.3) is 0 Å². The Labute approximate surface area is 112 Å². The zero-order valence-electron chi connectivity index (χ0n) is 11.1. The number of nitrogens with one attached hydrogen (secondary N) is 1. The highest BCUT2D eigenvalue weighted by atomic mass is 16.4. The standard InChI is InChI=1S/C14H20N2O3/c1-2-3-4-12(15)14(19)16-11-7-5-10(6-8-11)9-13(17)18/h5-8,12H,2-4,9,15H2,1H3,(H,16,19)(H,17,18). The quantitative estimate of drug-likeness (QED) is 0.699. The maximum Gasteiger partial charge on any atom is 0.307 e. The summed E-state index contributed by atoms with van der Waals surface area (Å²) in [7, 11) is 0. The summed E-state index contributed by atoms with van der Waals surface area (Å²) in [6.07, 6.45) is 2.57. The first kappa shape index (κ1) is 15.2. The largest absolute Gasteiger partial charge is 0.481 e. The smallest absolute Gasteiger partial charge is 0.307 e. The highest BCUT2D eigenvalue weighted by Gasteiger charge is 2.12. The predicted octanol–water partition coefficient (Wildman–Crippen LogP) is 1.77. The van der Waals surface area contributed by atoms with Gasteiger partial charge in [0, 0.05) is 5.69 Å². The van der Waals surface area contributed by atoms with E-state index in [9.17, 15) is 9.59 Å². The summed E-state index contributed by atoms with van der Waals surface area (Å²) in [4.78, 5) is 22.3. The number of carbonyl (C=O) groups excluding carboxylic acids is 1. The number of benzene rings is 1. The summed E-state index contributed by atoms with van der Waals surface area (Å²) < 4.78 is 0. The number of hydrogen-bond donors (Lipinski definition) is 3. The van der Waals surface area contributed by atoms with E-state index in [0.29, 0.717) is 17.7 Å². The molecule has 0 aliphatic carbocycles. The van der Waals surface area contributed by atoms with E-state index in [0.717, 1.165) is 12.8 Å². The van der Waals surface area contributed by atoms with Gasteiger partial charge in [-0.2, -0.15) is 0 Å². The SMILES string of the molecule is CCCCC(N)C(=O)Nc1ccc(CC(=O)O)cc1. The number of aliphatic carboxylic acids is 1. The van der Waals surface area contributed by atoms with Crippen molar-refractivity contribution in [3.8, 4) is 0 Å². The molecule has 1 unspecified atom stereocenters. The molecule has 1 rings (SSSR count). The van der Waals surface area contributed by atoms with Crippen LogP contribution in [-0.4, -0.2) is 23.0 Å². The number of carboxylic acid groups (broad SMARTS) is 1. The topological polar surface area (TPSA) is 92.4 Å². The van der Waals surface area contributed by atoms with Gasteiger partial charge in [-0.05, 0) is 24.1 Å². The van der Waals surface area contributed by atoms with E-state index >= 15 is 0 Å². The van der Waals surface area contributed by atoms with E-state index in [2.05, 4.69) is 5.32 Å². The number of hydrogen-bond acceptors (Lipinski definition) is 3. The summed E-state index contributed by atoms with van der Waals surface area (Å²) in [6.45, 7) is 2.05. The second-order valence-corrected chi connectivity index (χ2v) is 4.51. The third-order valence-electron chi connectivity index (χ3n) is 2.78. The van der Waals surface area contributed by atoms with Crippen LogP contribution in [0.2, 0.25) is 0 Å². The van der Waals surface area contributed by atoms with Crippen molar-refractivity contribution in [1.29, 1.82) is 0 Å². The zero-order chi connectivity index (χ0) is 14.3. The Bertz CT molecular complexity index is 429. The van der Waals surface area contributed by atoms with Gasteiger partial charge < -0.3 is 16.2 Å². The molecule has 5 nitrogen and oxygen atoms in total. The molecule has 5 heteroatoms. The summed E-state index contributed by atoms with van der Waals surface area (Å²) in [5, 5.41) is 11.4. The van der Waals surface area contributed by atoms with Crippen molar-refractivity contribution in [2.75, 3.05) is 5.32 Å². The first-order chi connectivity index (χ1) is 9.02. The Morgan fingerprint density at radius 3 is 2.47 bits per heavy atom. The van der Waals surface area contributed by atoms with Crippen molar-refractivity contribution in [3.05, 3.63) is 29.8 Å². The van der Waals surface area contributed by atoms with Crippen molar-refractivity contribution < 1.29 is 14.7 Å². The van der Waals surface area contributed by atoms with E-state index in [1.807, 2.05) is 6.92 Å². The molecule has 1 amide bonds. The van der Waals surface area contributed by atoms with Gasteiger partial charge in [-0.15, -0.1) is 0 Å². The lowest BCUT2D eigenvalue weighted by Crippen LogP contribution is -2.35. The highest BCUT2D eigenvalue weighted by Crippen LogP contribution is 2.11. The van der Waals surface area contributed by atoms with Gasteiger partial charge in [-0.1, -0.05) is 31.9 Å². The minimum Gasteiger partial charge on any atom is -0.481 e. The van der Waals surface area contributed by atoms with Gasteiger partial charge >= 0.3 is 5.97 Å². The fourth-order valence-corrected chi connectivity index (χ4v) is 1.67. The number of amides is 1. The predicted molar refractivity (Wildman–Crippen MR) is 73.9 cm³/mol. The molecule has 4 N–H and O–H groups in total. The van der Waals surface area contributed by atoms with Crippen molar-refractivity contribution in [1.82, 2.24) is 0 Å². The van der Waals surface area contributed by atoms with Crippen LogP contribution in [0.3, 0.4) is 0 Å². The Hall–Kier alpha value is -1.88. The van der Waals surface area contributed by atoms with Crippen molar-refractivity contribution >= 4 is 17.6 Å². The number of carbonyl (C=O) groups is 2. The van der Waals surface area contributed by atoms with Crippen LogP contribution < -0.4 is 11.1 Å². The van der Waals surface area contributed by atoms with Gasteiger partial charge in [0.15, 0.2) is 0 Å².